The summed E-state index contributed by atoms with van der Waals surface area (Å²) >= 11 is 0. The number of nitrogens with one attached hydrogen (secondary N) is 1. The molecule has 0 aliphatic heterocycles. The summed E-state index contributed by atoms with van der Waals surface area (Å²) in [6.45, 7) is 2.80. The van der Waals surface area contributed by atoms with Crippen LogP contribution in [0, 0.1) is 17.5 Å². The summed E-state index contributed by atoms with van der Waals surface area (Å²) in [7, 11) is 1.47. The van der Waals surface area contributed by atoms with E-state index in [1.807, 2.05) is 6.92 Å². The predicted molar refractivity (Wildman–Crippen MR) is 59.2 cm³/mol. The molecule has 1 atom stereocenters. The Morgan fingerprint density at radius 1 is 1.24 bits per heavy atom. The molecule has 1 rings (SSSR count). The number of benzene rings is 1. The number of methoxy groups -OCH3 is 1. The molecule has 0 aromatic heterocycles. The maximum absolute atomic E-state index is 13.6. The molecule has 0 amide bonds. The van der Waals surface area contributed by atoms with Gasteiger partial charge >= 0.3 is 0 Å². The van der Waals surface area contributed by atoms with Crippen molar-refractivity contribution in [1.29, 1.82) is 0 Å². The molecule has 0 saturated heterocycles. The molecular weight excluding hydrogens is 231 g/mol. The van der Waals surface area contributed by atoms with Gasteiger partial charge in [-0.25, -0.2) is 13.2 Å². The first kappa shape index (κ1) is 14.0. The maximum Gasteiger partial charge on any atom is 0.194 e. The van der Waals surface area contributed by atoms with Crippen molar-refractivity contribution in [3.63, 3.8) is 0 Å². The topological polar surface area (TPSA) is 21.3 Å². The lowest BCUT2D eigenvalue weighted by Gasteiger charge is -2.18. The van der Waals surface area contributed by atoms with Crippen molar-refractivity contribution in [2.45, 2.75) is 19.4 Å². The zero-order chi connectivity index (χ0) is 12.8. The van der Waals surface area contributed by atoms with Crippen molar-refractivity contribution in [3.05, 3.63) is 35.1 Å². The summed E-state index contributed by atoms with van der Waals surface area (Å²) in [5.74, 6) is -3.78. The fraction of sp³-hybridized carbons (Fsp3) is 0.500. The van der Waals surface area contributed by atoms with Crippen LogP contribution >= 0.6 is 0 Å². The molecule has 0 bridgehead atoms. The third kappa shape index (κ3) is 3.44. The lowest BCUT2D eigenvalue weighted by molar-refractivity contribution is 0.165. The van der Waals surface area contributed by atoms with Crippen LogP contribution in [0.2, 0.25) is 0 Å². The summed E-state index contributed by atoms with van der Waals surface area (Å²) in [6, 6.07) is 1.68. The largest absolute Gasteiger partial charge is 0.383 e. The van der Waals surface area contributed by atoms with Gasteiger partial charge in [-0.1, -0.05) is 13.0 Å². The van der Waals surface area contributed by atoms with Crippen molar-refractivity contribution >= 4 is 0 Å². The maximum atomic E-state index is 13.6. The Kier molecular flexibility index (Phi) is 5.44. The average molecular weight is 247 g/mol. The smallest absolute Gasteiger partial charge is 0.194 e. The monoisotopic (exact) mass is 247 g/mol. The SMILES string of the molecule is CCCNC(COC)c1ccc(F)c(F)c1F. The number of halogens is 3. The first-order valence-electron chi connectivity index (χ1n) is 5.47. The van der Waals surface area contributed by atoms with E-state index in [1.54, 1.807) is 0 Å². The van der Waals surface area contributed by atoms with Crippen molar-refractivity contribution in [1.82, 2.24) is 5.32 Å². The fourth-order valence-corrected chi connectivity index (χ4v) is 1.55. The van der Waals surface area contributed by atoms with E-state index in [4.69, 9.17) is 4.74 Å². The molecule has 1 aromatic carbocycles. The van der Waals surface area contributed by atoms with E-state index in [2.05, 4.69) is 5.32 Å². The lowest BCUT2D eigenvalue weighted by atomic mass is 10.1. The zero-order valence-electron chi connectivity index (χ0n) is 9.90. The van der Waals surface area contributed by atoms with E-state index in [0.717, 1.165) is 12.5 Å². The molecule has 0 aliphatic rings. The van der Waals surface area contributed by atoms with Crippen LogP contribution in [0.1, 0.15) is 24.9 Å². The second-order valence-electron chi connectivity index (χ2n) is 3.73. The van der Waals surface area contributed by atoms with Gasteiger partial charge in [0, 0.05) is 12.7 Å². The summed E-state index contributed by atoms with van der Waals surface area (Å²) in [5.41, 5.74) is 0.0826. The Morgan fingerprint density at radius 3 is 2.53 bits per heavy atom. The minimum absolute atomic E-state index is 0.0826. The molecule has 1 unspecified atom stereocenters. The summed E-state index contributed by atoms with van der Waals surface area (Å²) in [6.07, 6.45) is 0.853. The average Bonchev–Trinajstić information content (AvgIpc) is 2.32. The number of hydrogen-bond donors (Lipinski definition) is 1. The Morgan fingerprint density at radius 2 is 1.94 bits per heavy atom. The summed E-state index contributed by atoms with van der Waals surface area (Å²) in [4.78, 5) is 0. The van der Waals surface area contributed by atoms with Crippen LogP contribution in [-0.4, -0.2) is 20.3 Å². The molecule has 0 spiro atoms. The molecule has 2 nitrogen and oxygen atoms in total. The van der Waals surface area contributed by atoms with Gasteiger partial charge in [0.2, 0.25) is 0 Å². The molecule has 1 N–H and O–H groups in total. The molecule has 96 valence electrons. The van der Waals surface area contributed by atoms with E-state index < -0.39 is 23.5 Å². The van der Waals surface area contributed by atoms with E-state index in [-0.39, 0.29) is 12.2 Å². The first-order chi connectivity index (χ1) is 8.11. The molecule has 0 aliphatic carbocycles. The van der Waals surface area contributed by atoms with E-state index in [0.29, 0.717) is 6.54 Å². The Hall–Kier alpha value is -1.07. The Labute approximate surface area is 98.8 Å². The molecule has 1 aromatic rings. The second-order valence-corrected chi connectivity index (χ2v) is 3.73. The van der Waals surface area contributed by atoms with Gasteiger partial charge in [-0.15, -0.1) is 0 Å². The van der Waals surface area contributed by atoms with E-state index in [9.17, 15) is 13.2 Å². The Balaban J connectivity index is 2.97. The van der Waals surface area contributed by atoms with E-state index in [1.165, 1.54) is 13.2 Å². The van der Waals surface area contributed by atoms with Crippen molar-refractivity contribution < 1.29 is 17.9 Å². The highest BCUT2D eigenvalue weighted by Gasteiger charge is 2.20. The van der Waals surface area contributed by atoms with Crippen molar-refractivity contribution in [2.24, 2.45) is 0 Å². The molecular formula is C12H16F3NO. The highest BCUT2D eigenvalue weighted by atomic mass is 19.2. The van der Waals surface area contributed by atoms with Gasteiger partial charge in [0.05, 0.1) is 12.6 Å². The van der Waals surface area contributed by atoms with Gasteiger partial charge in [-0.2, -0.15) is 0 Å². The number of hydrogen-bond acceptors (Lipinski definition) is 2. The van der Waals surface area contributed by atoms with Gasteiger partial charge < -0.3 is 10.1 Å². The van der Waals surface area contributed by atoms with Crippen LogP contribution in [0.4, 0.5) is 13.2 Å². The normalized spacial score (nSPS) is 12.8. The third-order valence-electron chi connectivity index (χ3n) is 2.41. The number of rotatable bonds is 6. The van der Waals surface area contributed by atoms with Gasteiger partial charge in [0.1, 0.15) is 0 Å². The highest BCUT2D eigenvalue weighted by Crippen LogP contribution is 2.21. The number of ether oxygens (including phenoxy) is 1. The van der Waals surface area contributed by atoms with Gasteiger partial charge in [-0.05, 0) is 19.0 Å². The van der Waals surface area contributed by atoms with Crippen LogP contribution in [0.25, 0.3) is 0 Å². The van der Waals surface area contributed by atoms with E-state index >= 15 is 0 Å². The minimum atomic E-state index is -1.44. The third-order valence-corrected chi connectivity index (χ3v) is 2.41. The van der Waals surface area contributed by atoms with Gasteiger partial charge in [0.25, 0.3) is 0 Å². The molecule has 0 radical (unpaired) electrons. The van der Waals surface area contributed by atoms with Crippen LogP contribution in [-0.2, 0) is 4.74 Å². The van der Waals surface area contributed by atoms with Crippen LogP contribution in [0.5, 0.6) is 0 Å². The predicted octanol–water partition coefficient (Wildman–Crippen LogP) is 2.79. The second kappa shape index (κ2) is 6.61. The quantitative estimate of drug-likeness (QED) is 0.780. The van der Waals surface area contributed by atoms with Crippen LogP contribution < -0.4 is 5.32 Å². The highest BCUT2D eigenvalue weighted by molar-refractivity contribution is 5.23. The van der Waals surface area contributed by atoms with Crippen LogP contribution in [0.15, 0.2) is 12.1 Å². The standard InChI is InChI=1S/C12H16F3NO/c1-3-6-16-10(7-17-2)8-4-5-9(13)12(15)11(8)14/h4-5,10,16H,3,6-7H2,1-2H3. The van der Waals surface area contributed by atoms with Crippen molar-refractivity contribution in [3.8, 4) is 0 Å². The summed E-state index contributed by atoms with van der Waals surface area (Å²) < 4.78 is 44.4. The Bertz CT molecular complexity index is 371. The minimum Gasteiger partial charge on any atom is -0.383 e. The van der Waals surface area contributed by atoms with Crippen LogP contribution in [0.3, 0.4) is 0 Å². The molecule has 0 saturated carbocycles. The van der Waals surface area contributed by atoms with Gasteiger partial charge in [0.15, 0.2) is 17.5 Å². The fourth-order valence-electron chi connectivity index (χ4n) is 1.55. The first-order valence-corrected chi connectivity index (χ1v) is 5.47. The molecule has 0 heterocycles. The summed E-state index contributed by atoms with van der Waals surface area (Å²) in [5, 5.41) is 3.02. The molecule has 17 heavy (non-hydrogen) atoms. The lowest BCUT2D eigenvalue weighted by Crippen LogP contribution is -2.27. The molecule has 0 fully saturated rings. The van der Waals surface area contributed by atoms with Gasteiger partial charge in [-0.3, -0.25) is 0 Å². The molecule has 5 heteroatoms. The van der Waals surface area contributed by atoms with Crippen molar-refractivity contribution in [2.75, 3.05) is 20.3 Å². The zero-order valence-corrected chi connectivity index (χ0v) is 9.90.